The number of ether oxygens (including phenoxy) is 1. The minimum Gasteiger partial charge on any atom is -0.465 e. The van der Waals surface area contributed by atoms with Crippen molar-refractivity contribution in [1.82, 2.24) is 0 Å². The van der Waals surface area contributed by atoms with Crippen LogP contribution in [0.5, 0.6) is 0 Å². The molecular formula is C29H24N2O4. The Hall–Kier alpha value is -4.71. The zero-order valence-electron chi connectivity index (χ0n) is 19.4. The number of allylic oxidation sites excluding steroid dienone is 1. The SMILES string of the molecule is COC(=O)c1ccc(C(=O)Nc2ccccc2)cc1NC(=O)/C=C(/C)c1ccc2ccccc2c1. The molecule has 4 aromatic rings. The Balaban J connectivity index is 1.58. The summed E-state index contributed by atoms with van der Waals surface area (Å²) < 4.78 is 4.84. The third-order valence-electron chi connectivity index (χ3n) is 5.53. The fraction of sp³-hybridized carbons (Fsp3) is 0.0690. The lowest BCUT2D eigenvalue weighted by molar-refractivity contribution is -0.111. The number of hydrogen-bond acceptors (Lipinski definition) is 4. The summed E-state index contributed by atoms with van der Waals surface area (Å²) in [5.74, 6) is -1.42. The molecule has 2 amide bonds. The topological polar surface area (TPSA) is 84.5 Å². The maximum Gasteiger partial charge on any atom is 0.339 e. The Morgan fingerprint density at radius 1 is 0.743 bits per heavy atom. The molecule has 0 bridgehead atoms. The molecule has 0 aliphatic rings. The fourth-order valence-electron chi connectivity index (χ4n) is 3.69. The van der Waals surface area contributed by atoms with Gasteiger partial charge in [-0.1, -0.05) is 54.6 Å². The normalized spacial score (nSPS) is 11.1. The van der Waals surface area contributed by atoms with Crippen LogP contribution in [0.4, 0.5) is 11.4 Å². The van der Waals surface area contributed by atoms with Crippen LogP contribution < -0.4 is 10.6 Å². The van der Waals surface area contributed by atoms with Crippen LogP contribution in [0.25, 0.3) is 16.3 Å². The standard InChI is InChI=1S/C29H24N2O4/c1-19(21-13-12-20-8-6-7-9-22(20)17-21)16-27(32)31-26-18-23(14-15-25(26)29(34)35-2)28(33)30-24-10-4-3-5-11-24/h3-18H,1-2H3,(H,30,33)(H,31,32)/b19-16-. The maximum absolute atomic E-state index is 12.9. The van der Waals surface area contributed by atoms with E-state index in [0.717, 1.165) is 21.9 Å². The summed E-state index contributed by atoms with van der Waals surface area (Å²) in [6.07, 6.45) is 1.46. The molecule has 6 nitrogen and oxygen atoms in total. The highest BCUT2D eigenvalue weighted by molar-refractivity contribution is 6.10. The molecule has 0 atom stereocenters. The molecule has 174 valence electrons. The van der Waals surface area contributed by atoms with E-state index in [1.54, 1.807) is 12.1 Å². The van der Waals surface area contributed by atoms with Gasteiger partial charge < -0.3 is 15.4 Å². The summed E-state index contributed by atoms with van der Waals surface area (Å²) in [5.41, 5.74) is 2.91. The first-order valence-corrected chi connectivity index (χ1v) is 11.0. The average molecular weight is 465 g/mol. The molecule has 0 fully saturated rings. The molecule has 4 aromatic carbocycles. The number of benzene rings is 4. The van der Waals surface area contributed by atoms with E-state index in [9.17, 15) is 14.4 Å². The summed E-state index contributed by atoms with van der Waals surface area (Å²) in [7, 11) is 1.26. The van der Waals surface area contributed by atoms with Gasteiger partial charge in [0.2, 0.25) is 5.91 Å². The number of amides is 2. The lowest BCUT2D eigenvalue weighted by atomic mass is 10.0. The molecule has 6 heteroatoms. The van der Waals surface area contributed by atoms with Crippen molar-refractivity contribution in [2.45, 2.75) is 6.92 Å². The van der Waals surface area contributed by atoms with Gasteiger partial charge in [0.1, 0.15) is 0 Å². The van der Waals surface area contributed by atoms with Crippen LogP contribution in [-0.2, 0) is 9.53 Å². The molecule has 0 aromatic heterocycles. The number of anilines is 2. The number of fused-ring (bicyclic) bond motifs is 1. The highest BCUT2D eigenvalue weighted by atomic mass is 16.5. The maximum atomic E-state index is 12.9. The Kier molecular flexibility index (Phi) is 7.02. The molecular weight excluding hydrogens is 440 g/mol. The molecule has 2 N–H and O–H groups in total. The number of hydrogen-bond donors (Lipinski definition) is 2. The Bertz CT molecular complexity index is 1440. The van der Waals surface area contributed by atoms with E-state index in [1.165, 1.54) is 31.4 Å². The first-order valence-electron chi connectivity index (χ1n) is 11.0. The monoisotopic (exact) mass is 464 g/mol. The largest absolute Gasteiger partial charge is 0.465 e. The van der Waals surface area contributed by atoms with Crippen molar-refractivity contribution in [1.29, 1.82) is 0 Å². The number of carbonyl (C=O) groups excluding carboxylic acids is 3. The number of rotatable bonds is 6. The van der Waals surface area contributed by atoms with Crippen LogP contribution in [0.15, 0.2) is 97.1 Å². The Labute approximate surface area is 203 Å². The predicted octanol–water partition coefficient (Wildman–Crippen LogP) is 5.92. The van der Waals surface area contributed by atoms with Crippen LogP contribution in [0, 0.1) is 0 Å². The van der Waals surface area contributed by atoms with Gasteiger partial charge >= 0.3 is 5.97 Å². The summed E-state index contributed by atoms with van der Waals surface area (Å²) in [6, 6.07) is 27.4. The molecule has 0 saturated carbocycles. The van der Waals surface area contributed by atoms with Gasteiger partial charge in [-0.15, -0.1) is 0 Å². The Morgan fingerprint density at radius 2 is 1.43 bits per heavy atom. The smallest absolute Gasteiger partial charge is 0.339 e. The first-order chi connectivity index (χ1) is 16.9. The van der Waals surface area contributed by atoms with Gasteiger partial charge in [0.05, 0.1) is 18.4 Å². The highest BCUT2D eigenvalue weighted by Gasteiger charge is 2.17. The van der Waals surface area contributed by atoms with Crippen molar-refractivity contribution >= 4 is 45.5 Å². The lowest BCUT2D eigenvalue weighted by Crippen LogP contribution is -2.16. The van der Waals surface area contributed by atoms with Gasteiger partial charge in [-0.3, -0.25) is 9.59 Å². The second-order valence-corrected chi connectivity index (χ2v) is 7.95. The summed E-state index contributed by atoms with van der Waals surface area (Å²) in [6.45, 7) is 1.84. The zero-order chi connectivity index (χ0) is 24.8. The second-order valence-electron chi connectivity index (χ2n) is 7.95. The molecule has 0 spiro atoms. The number of methoxy groups -OCH3 is 1. The molecule has 0 radical (unpaired) electrons. The van der Waals surface area contributed by atoms with Crippen molar-refractivity contribution in [3.05, 3.63) is 114 Å². The second kappa shape index (κ2) is 10.5. The molecule has 0 aliphatic carbocycles. The van der Waals surface area contributed by atoms with E-state index in [2.05, 4.69) is 10.6 Å². The molecule has 0 saturated heterocycles. The van der Waals surface area contributed by atoms with E-state index >= 15 is 0 Å². The van der Waals surface area contributed by atoms with Crippen LogP contribution in [-0.4, -0.2) is 24.9 Å². The third-order valence-corrected chi connectivity index (χ3v) is 5.53. The van der Waals surface area contributed by atoms with Gasteiger partial charge in [0.15, 0.2) is 0 Å². The van der Waals surface area contributed by atoms with Crippen molar-refractivity contribution < 1.29 is 19.1 Å². The van der Waals surface area contributed by atoms with Gasteiger partial charge in [-0.25, -0.2) is 4.79 Å². The minimum atomic E-state index is -0.620. The molecule has 0 unspecified atom stereocenters. The van der Waals surface area contributed by atoms with Crippen LogP contribution in [0.1, 0.15) is 33.2 Å². The van der Waals surface area contributed by atoms with Crippen LogP contribution >= 0.6 is 0 Å². The van der Waals surface area contributed by atoms with E-state index < -0.39 is 11.9 Å². The summed E-state index contributed by atoms with van der Waals surface area (Å²) >= 11 is 0. The van der Waals surface area contributed by atoms with Crippen molar-refractivity contribution in [3.8, 4) is 0 Å². The van der Waals surface area contributed by atoms with E-state index in [4.69, 9.17) is 4.74 Å². The van der Waals surface area contributed by atoms with Gasteiger partial charge in [-0.05, 0) is 65.2 Å². The number of esters is 1. The van der Waals surface area contributed by atoms with Gasteiger partial charge in [0.25, 0.3) is 5.91 Å². The summed E-state index contributed by atoms with van der Waals surface area (Å²) in [5, 5.41) is 7.70. The number of carbonyl (C=O) groups is 3. The van der Waals surface area contributed by atoms with Gasteiger partial charge in [-0.2, -0.15) is 0 Å². The zero-order valence-corrected chi connectivity index (χ0v) is 19.4. The van der Waals surface area contributed by atoms with E-state index in [0.29, 0.717) is 5.69 Å². The quantitative estimate of drug-likeness (QED) is 0.274. The first kappa shape index (κ1) is 23.4. The van der Waals surface area contributed by atoms with Crippen LogP contribution in [0.3, 0.4) is 0 Å². The molecule has 0 heterocycles. The van der Waals surface area contributed by atoms with E-state index in [-0.39, 0.29) is 22.7 Å². The van der Waals surface area contributed by atoms with Crippen LogP contribution in [0.2, 0.25) is 0 Å². The average Bonchev–Trinajstić information content (AvgIpc) is 2.88. The predicted molar refractivity (Wildman–Crippen MR) is 138 cm³/mol. The number of para-hydroxylation sites is 1. The Morgan fingerprint density at radius 3 is 2.17 bits per heavy atom. The van der Waals surface area contributed by atoms with Gasteiger partial charge in [0, 0.05) is 17.3 Å². The van der Waals surface area contributed by atoms with Crippen molar-refractivity contribution in [2.24, 2.45) is 0 Å². The third kappa shape index (κ3) is 5.62. The number of nitrogens with one attached hydrogen (secondary N) is 2. The highest BCUT2D eigenvalue weighted by Crippen LogP contribution is 2.23. The van der Waals surface area contributed by atoms with E-state index in [1.807, 2.05) is 67.6 Å². The molecule has 4 rings (SSSR count). The van der Waals surface area contributed by atoms with Crippen molar-refractivity contribution in [2.75, 3.05) is 17.7 Å². The molecule has 0 aliphatic heterocycles. The summed E-state index contributed by atoms with van der Waals surface area (Å²) in [4.78, 5) is 37.8. The lowest BCUT2D eigenvalue weighted by Gasteiger charge is -2.12. The van der Waals surface area contributed by atoms with Crippen molar-refractivity contribution in [3.63, 3.8) is 0 Å². The fourth-order valence-corrected chi connectivity index (χ4v) is 3.69. The molecule has 35 heavy (non-hydrogen) atoms. The minimum absolute atomic E-state index is 0.147.